The first kappa shape index (κ1) is 20.8. The van der Waals surface area contributed by atoms with Crippen LogP contribution in [0.1, 0.15) is 17.0 Å². The maximum atomic E-state index is 12.9. The highest BCUT2D eigenvalue weighted by atomic mass is 32.2. The molecule has 2 aromatic carbocycles. The van der Waals surface area contributed by atoms with Gasteiger partial charge in [0, 0.05) is 17.1 Å². The monoisotopic (exact) mass is 430 g/mol. The highest BCUT2D eigenvalue weighted by molar-refractivity contribution is 8.19. The first-order valence-electron chi connectivity index (χ1n) is 9.85. The van der Waals surface area contributed by atoms with Crippen molar-refractivity contribution in [2.24, 2.45) is 0 Å². The number of benzene rings is 2. The standard InChI is InChI=1S/C25H22N2O3S/c1-4-14-30-22-12-10-21(11-13-22)26-17(2)15-19(18(26)3)16-23-24(28)27(25(29)31-23)20-8-6-5-7-9-20/h4-13,15-16H,1,14H2,2-3H3/b23-16-. The molecule has 0 bridgehead atoms. The highest BCUT2D eigenvalue weighted by Gasteiger charge is 2.36. The molecule has 0 aliphatic carbocycles. The first-order chi connectivity index (χ1) is 15.0. The summed E-state index contributed by atoms with van der Waals surface area (Å²) in [6, 6.07) is 18.8. The number of hydrogen-bond acceptors (Lipinski definition) is 4. The molecule has 1 saturated heterocycles. The van der Waals surface area contributed by atoms with Crippen LogP contribution in [0.2, 0.25) is 0 Å². The average Bonchev–Trinajstić information content (AvgIpc) is 3.21. The van der Waals surface area contributed by atoms with E-state index in [9.17, 15) is 9.59 Å². The van der Waals surface area contributed by atoms with Gasteiger partial charge in [0.05, 0.1) is 10.6 Å². The van der Waals surface area contributed by atoms with E-state index in [0.29, 0.717) is 17.2 Å². The quantitative estimate of drug-likeness (QED) is 0.361. The summed E-state index contributed by atoms with van der Waals surface area (Å²) in [7, 11) is 0. The lowest BCUT2D eigenvalue weighted by molar-refractivity contribution is -0.113. The Hall–Kier alpha value is -3.51. The predicted octanol–water partition coefficient (Wildman–Crippen LogP) is 5.90. The van der Waals surface area contributed by atoms with Gasteiger partial charge in [0.1, 0.15) is 12.4 Å². The minimum absolute atomic E-state index is 0.286. The molecule has 0 unspecified atom stereocenters. The summed E-state index contributed by atoms with van der Waals surface area (Å²) in [5.41, 5.74) is 4.51. The molecule has 156 valence electrons. The van der Waals surface area contributed by atoms with Gasteiger partial charge in [-0.25, -0.2) is 4.90 Å². The minimum atomic E-state index is -0.297. The molecular weight excluding hydrogens is 408 g/mol. The van der Waals surface area contributed by atoms with E-state index in [4.69, 9.17) is 4.74 Å². The molecule has 1 fully saturated rings. The summed E-state index contributed by atoms with van der Waals surface area (Å²) in [5.74, 6) is 0.482. The number of aromatic nitrogens is 1. The number of aryl methyl sites for hydroxylation is 1. The van der Waals surface area contributed by atoms with E-state index in [1.165, 1.54) is 4.90 Å². The summed E-state index contributed by atoms with van der Waals surface area (Å²) in [4.78, 5) is 27.0. The van der Waals surface area contributed by atoms with E-state index in [-0.39, 0.29) is 11.1 Å². The smallest absolute Gasteiger partial charge is 0.298 e. The molecule has 2 heterocycles. The van der Waals surface area contributed by atoms with Crippen LogP contribution in [0.4, 0.5) is 10.5 Å². The summed E-state index contributed by atoms with van der Waals surface area (Å²) in [6.07, 6.45) is 3.51. The van der Waals surface area contributed by atoms with Crippen LogP contribution in [0.15, 0.2) is 78.2 Å². The van der Waals surface area contributed by atoms with E-state index in [1.54, 1.807) is 24.3 Å². The molecule has 0 saturated carbocycles. The number of anilines is 1. The van der Waals surface area contributed by atoms with E-state index in [1.807, 2.05) is 62.4 Å². The van der Waals surface area contributed by atoms with Gasteiger partial charge in [0.25, 0.3) is 11.1 Å². The van der Waals surface area contributed by atoms with Crippen molar-refractivity contribution in [3.63, 3.8) is 0 Å². The lowest BCUT2D eigenvalue weighted by Crippen LogP contribution is -2.27. The second kappa shape index (κ2) is 8.70. The molecule has 6 heteroatoms. The van der Waals surface area contributed by atoms with Crippen LogP contribution >= 0.6 is 11.8 Å². The zero-order valence-corrected chi connectivity index (χ0v) is 18.2. The predicted molar refractivity (Wildman–Crippen MR) is 126 cm³/mol. The van der Waals surface area contributed by atoms with Crippen molar-refractivity contribution >= 4 is 34.7 Å². The maximum Gasteiger partial charge on any atom is 0.298 e. The topological polar surface area (TPSA) is 51.5 Å². The molecule has 0 atom stereocenters. The van der Waals surface area contributed by atoms with Gasteiger partial charge in [-0.1, -0.05) is 30.9 Å². The number of imide groups is 1. The number of hydrogen-bond donors (Lipinski definition) is 0. The van der Waals surface area contributed by atoms with Crippen LogP contribution in [-0.2, 0) is 4.79 Å². The first-order valence-corrected chi connectivity index (χ1v) is 10.7. The lowest BCUT2D eigenvalue weighted by atomic mass is 10.2. The van der Waals surface area contributed by atoms with Gasteiger partial charge in [-0.2, -0.15) is 0 Å². The van der Waals surface area contributed by atoms with Gasteiger partial charge >= 0.3 is 0 Å². The number of ether oxygens (including phenoxy) is 1. The van der Waals surface area contributed by atoms with Crippen LogP contribution in [0.3, 0.4) is 0 Å². The maximum absolute atomic E-state index is 12.9. The van der Waals surface area contributed by atoms with Gasteiger partial charge < -0.3 is 9.30 Å². The van der Waals surface area contributed by atoms with Crippen molar-refractivity contribution in [2.75, 3.05) is 11.5 Å². The van der Waals surface area contributed by atoms with Crippen molar-refractivity contribution < 1.29 is 14.3 Å². The van der Waals surface area contributed by atoms with E-state index in [2.05, 4.69) is 11.1 Å². The van der Waals surface area contributed by atoms with Crippen LogP contribution < -0.4 is 9.64 Å². The molecule has 31 heavy (non-hydrogen) atoms. The van der Waals surface area contributed by atoms with Gasteiger partial charge in [0.2, 0.25) is 0 Å². The SMILES string of the molecule is C=CCOc1ccc(-n2c(C)cc(/C=C3\SC(=O)N(c4ccccc4)C3=O)c2C)cc1. The number of thioether (sulfide) groups is 1. The molecule has 0 radical (unpaired) electrons. The van der Waals surface area contributed by atoms with Crippen molar-refractivity contribution in [1.29, 1.82) is 0 Å². The second-order valence-corrected chi connectivity index (χ2v) is 8.10. The third kappa shape index (κ3) is 4.07. The minimum Gasteiger partial charge on any atom is -0.490 e. The number of para-hydroxylation sites is 1. The van der Waals surface area contributed by atoms with E-state index in [0.717, 1.165) is 40.2 Å². The number of carbonyl (C=O) groups excluding carboxylic acids is 2. The van der Waals surface area contributed by atoms with E-state index < -0.39 is 0 Å². The Morgan fingerprint density at radius 2 is 1.71 bits per heavy atom. The van der Waals surface area contributed by atoms with Crippen LogP contribution in [0.25, 0.3) is 11.8 Å². The van der Waals surface area contributed by atoms with Crippen LogP contribution in [-0.4, -0.2) is 22.3 Å². The van der Waals surface area contributed by atoms with Crippen LogP contribution in [0, 0.1) is 13.8 Å². The Labute approximate surface area is 185 Å². The van der Waals surface area contributed by atoms with Gasteiger partial charge in [-0.15, -0.1) is 0 Å². The number of carbonyl (C=O) groups is 2. The molecule has 0 N–H and O–H groups in total. The van der Waals surface area contributed by atoms with Crippen molar-refractivity contribution in [2.45, 2.75) is 13.8 Å². The molecular formula is C25H22N2O3S. The molecule has 2 amide bonds. The normalized spacial score (nSPS) is 15.0. The average molecular weight is 431 g/mol. The Morgan fingerprint density at radius 1 is 1.00 bits per heavy atom. The highest BCUT2D eigenvalue weighted by Crippen LogP contribution is 2.36. The molecule has 0 spiro atoms. The van der Waals surface area contributed by atoms with Crippen molar-refractivity contribution in [3.8, 4) is 11.4 Å². The molecule has 3 aromatic rings. The molecule has 4 rings (SSSR count). The summed E-state index contributed by atoms with van der Waals surface area (Å²) < 4.78 is 7.67. The fourth-order valence-corrected chi connectivity index (χ4v) is 4.42. The number of nitrogens with zero attached hydrogens (tertiary/aromatic N) is 2. The Kier molecular flexibility index (Phi) is 5.82. The Bertz CT molecular complexity index is 1180. The molecule has 1 aliphatic heterocycles. The zero-order chi connectivity index (χ0) is 22.0. The second-order valence-electron chi connectivity index (χ2n) is 7.11. The largest absolute Gasteiger partial charge is 0.490 e. The number of rotatable bonds is 6. The van der Waals surface area contributed by atoms with Gasteiger partial charge in [-0.3, -0.25) is 9.59 Å². The number of amides is 2. The fraction of sp³-hybridized carbons (Fsp3) is 0.120. The third-order valence-electron chi connectivity index (χ3n) is 5.03. The van der Waals surface area contributed by atoms with Gasteiger partial charge in [0.15, 0.2) is 0 Å². The van der Waals surface area contributed by atoms with Crippen molar-refractivity contribution in [3.05, 3.63) is 95.2 Å². The van der Waals surface area contributed by atoms with Gasteiger partial charge in [-0.05, 0) is 79.7 Å². The molecule has 5 nitrogen and oxygen atoms in total. The zero-order valence-electron chi connectivity index (χ0n) is 17.4. The lowest BCUT2D eigenvalue weighted by Gasteiger charge is -2.11. The summed E-state index contributed by atoms with van der Waals surface area (Å²) in [5, 5.41) is -0.286. The summed E-state index contributed by atoms with van der Waals surface area (Å²) >= 11 is 0.965. The molecule has 1 aliphatic rings. The fourth-order valence-electron chi connectivity index (χ4n) is 3.59. The van der Waals surface area contributed by atoms with E-state index >= 15 is 0 Å². The Morgan fingerprint density at radius 3 is 2.39 bits per heavy atom. The third-order valence-corrected chi connectivity index (χ3v) is 5.90. The van der Waals surface area contributed by atoms with Crippen molar-refractivity contribution in [1.82, 2.24) is 4.57 Å². The Balaban J connectivity index is 1.63. The van der Waals surface area contributed by atoms with Crippen LogP contribution in [0.5, 0.6) is 5.75 Å². The molecule has 1 aromatic heterocycles. The summed E-state index contributed by atoms with van der Waals surface area (Å²) in [6.45, 7) is 8.14.